The molecule has 0 aromatic carbocycles. The van der Waals surface area contributed by atoms with Crippen LogP contribution >= 0.6 is 35.3 Å². The van der Waals surface area contributed by atoms with Crippen molar-refractivity contribution in [3.63, 3.8) is 0 Å². The van der Waals surface area contributed by atoms with Crippen LogP contribution in [0.15, 0.2) is 10.4 Å². The second kappa shape index (κ2) is 12.0. The smallest absolute Gasteiger partial charge is 0.191 e. The Hall–Kier alpha value is -0.610. The molecule has 0 atom stereocenters. The fraction of sp³-hybridized carbons (Fsp3) is 0.778. The normalized spacial score (nSPS) is 16.7. The van der Waals surface area contributed by atoms with Gasteiger partial charge in [-0.05, 0) is 31.6 Å². The number of anilines is 1. The maximum atomic E-state index is 9.47. The van der Waals surface area contributed by atoms with Gasteiger partial charge in [-0.3, -0.25) is 0 Å². The lowest BCUT2D eigenvalue weighted by Crippen LogP contribution is -2.44. The Bertz CT molecular complexity index is 538. The molecule has 8 heteroatoms. The van der Waals surface area contributed by atoms with E-state index in [9.17, 15) is 5.11 Å². The number of aromatic nitrogens is 1. The number of hydrogen-bond donors (Lipinski definition) is 3. The lowest BCUT2D eigenvalue weighted by atomic mass is 9.72. The number of aliphatic hydroxyl groups is 1. The molecule has 0 saturated heterocycles. The van der Waals surface area contributed by atoms with Gasteiger partial charge in [-0.1, -0.05) is 19.3 Å². The highest BCUT2D eigenvalue weighted by Crippen LogP contribution is 2.38. The molecule has 0 bridgehead atoms. The zero-order valence-electron chi connectivity index (χ0n) is 16.3. The van der Waals surface area contributed by atoms with Crippen LogP contribution in [-0.2, 0) is 6.54 Å². The van der Waals surface area contributed by atoms with E-state index in [2.05, 4.69) is 32.9 Å². The van der Waals surface area contributed by atoms with Crippen molar-refractivity contribution in [1.29, 1.82) is 0 Å². The highest BCUT2D eigenvalue weighted by molar-refractivity contribution is 14.0. The third kappa shape index (κ3) is 7.19. The Morgan fingerprint density at radius 1 is 1.31 bits per heavy atom. The number of hydrogen-bond acceptors (Lipinski definition) is 5. The molecule has 0 radical (unpaired) electrons. The van der Waals surface area contributed by atoms with Crippen LogP contribution in [0.25, 0.3) is 0 Å². The molecule has 1 aromatic rings. The number of nitrogens with zero attached hydrogens (tertiary/aromatic N) is 3. The number of nitrogens with one attached hydrogen (secondary N) is 2. The van der Waals surface area contributed by atoms with Gasteiger partial charge in [0, 0.05) is 39.2 Å². The van der Waals surface area contributed by atoms with Crippen LogP contribution < -0.4 is 15.5 Å². The lowest BCUT2D eigenvalue weighted by Gasteiger charge is -2.37. The molecule has 1 aliphatic carbocycles. The van der Waals surface area contributed by atoms with Gasteiger partial charge in [-0.2, -0.15) is 0 Å². The van der Waals surface area contributed by atoms with Crippen LogP contribution in [0.1, 0.15) is 51.1 Å². The summed E-state index contributed by atoms with van der Waals surface area (Å²) in [6.45, 7) is 4.63. The average molecular weight is 495 g/mol. The molecular formula is C18H34IN5OS. The number of rotatable bonds is 8. The molecular weight excluding hydrogens is 461 g/mol. The van der Waals surface area contributed by atoms with Crippen molar-refractivity contribution in [2.75, 3.05) is 38.7 Å². The summed E-state index contributed by atoms with van der Waals surface area (Å²) in [5, 5.41) is 19.4. The van der Waals surface area contributed by atoms with Crippen LogP contribution in [0, 0.1) is 5.41 Å². The highest BCUT2D eigenvalue weighted by atomic mass is 127. The number of guanidine groups is 1. The van der Waals surface area contributed by atoms with E-state index < -0.39 is 0 Å². The molecule has 1 fully saturated rings. The summed E-state index contributed by atoms with van der Waals surface area (Å²) in [5.74, 6) is 0.838. The Balaban J connectivity index is 0.00000338. The second-order valence-corrected chi connectivity index (χ2v) is 7.94. The van der Waals surface area contributed by atoms with Crippen LogP contribution in [0.3, 0.4) is 0 Å². The summed E-state index contributed by atoms with van der Waals surface area (Å²) in [4.78, 5) is 11.3. The molecule has 1 heterocycles. The van der Waals surface area contributed by atoms with E-state index >= 15 is 0 Å². The quantitative estimate of drug-likeness (QED) is 0.294. The van der Waals surface area contributed by atoms with E-state index in [4.69, 9.17) is 0 Å². The van der Waals surface area contributed by atoms with Gasteiger partial charge in [0.1, 0.15) is 0 Å². The molecule has 1 aromatic heterocycles. The number of thiazole rings is 1. The topological polar surface area (TPSA) is 72.8 Å². The van der Waals surface area contributed by atoms with Crippen molar-refractivity contribution in [2.45, 2.75) is 52.0 Å². The highest BCUT2D eigenvalue weighted by Gasteiger charge is 2.31. The minimum atomic E-state index is 0. The molecule has 0 unspecified atom stereocenters. The van der Waals surface area contributed by atoms with E-state index in [-0.39, 0.29) is 36.0 Å². The minimum Gasteiger partial charge on any atom is -0.396 e. The van der Waals surface area contributed by atoms with Crippen LogP contribution in [0.5, 0.6) is 0 Å². The van der Waals surface area contributed by atoms with Crippen molar-refractivity contribution in [3.8, 4) is 0 Å². The Morgan fingerprint density at radius 2 is 2.04 bits per heavy atom. The average Bonchev–Trinajstić information content (AvgIpc) is 3.08. The maximum Gasteiger partial charge on any atom is 0.191 e. The zero-order valence-corrected chi connectivity index (χ0v) is 19.4. The van der Waals surface area contributed by atoms with Gasteiger partial charge < -0.3 is 20.6 Å². The number of aliphatic imine (C=N–C) groups is 1. The SMILES string of the molecule is CCNC(=NCc1csc(N(C)C)n1)NCC1(CCO)CCCCC1.I. The summed E-state index contributed by atoms with van der Waals surface area (Å²) in [6, 6.07) is 0. The zero-order chi connectivity index (χ0) is 18.1. The summed E-state index contributed by atoms with van der Waals surface area (Å²) in [7, 11) is 4.00. The van der Waals surface area contributed by atoms with E-state index in [1.807, 2.05) is 19.0 Å². The minimum absolute atomic E-state index is 0. The van der Waals surface area contributed by atoms with Crippen LogP contribution in [0.4, 0.5) is 5.13 Å². The Kier molecular flexibility index (Phi) is 10.8. The van der Waals surface area contributed by atoms with Crippen LogP contribution in [0.2, 0.25) is 0 Å². The monoisotopic (exact) mass is 495 g/mol. The van der Waals surface area contributed by atoms with Gasteiger partial charge in [-0.15, -0.1) is 35.3 Å². The maximum absolute atomic E-state index is 9.47. The molecule has 150 valence electrons. The molecule has 3 N–H and O–H groups in total. The molecule has 0 aliphatic heterocycles. The Labute approximate surface area is 178 Å². The first-order valence-electron chi connectivity index (χ1n) is 9.33. The van der Waals surface area contributed by atoms with Crippen molar-refractivity contribution >= 4 is 46.4 Å². The van der Waals surface area contributed by atoms with Crippen molar-refractivity contribution in [2.24, 2.45) is 10.4 Å². The van der Waals surface area contributed by atoms with Gasteiger partial charge in [0.2, 0.25) is 0 Å². The standard InChI is InChI=1S/C18H33N5OS.HI/c1-4-19-16(20-12-15-13-25-17(22-15)23(2)3)21-14-18(10-11-24)8-6-5-7-9-18;/h13,24H,4-12,14H2,1-3H3,(H2,19,20,21);1H. The molecule has 1 saturated carbocycles. The first-order valence-corrected chi connectivity index (χ1v) is 10.2. The van der Waals surface area contributed by atoms with Gasteiger partial charge in [-0.25, -0.2) is 9.98 Å². The van der Waals surface area contributed by atoms with E-state index in [1.54, 1.807) is 11.3 Å². The molecule has 2 rings (SSSR count). The molecule has 1 aliphatic rings. The predicted octanol–water partition coefficient (Wildman–Crippen LogP) is 3.22. The van der Waals surface area contributed by atoms with E-state index in [0.717, 1.165) is 36.3 Å². The molecule has 0 spiro atoms. The summed E-state index contributed by atoms with van der Waals surface area (Å²) in [5.41, 5.74) is 1.20. The van der Waals surface area contributed by atoms with Gasteiger partial charge in [0.15, 0.2) is 11.1 Å². The first kappa shape index (κ1) is 23.4. The van der Waals surface area contributed by atoms with Crippen molar-refractivity contribution < 1.29 is 5.11 Å². The van der Waals surface area contributed by atoms with E-state index in [0.29, 0.717) is 6.54 Å². The van der Waals surface area contributed by atoms with Crippen molar-refractivity contribution in [3.05, 3.63) is 11.1 Å². The molecule has 0 amide bonds. The van der Waals surface area contributed by atoms with Crippen LogP contribution in [-0.4, -0.2) is 49.8 Å². The summed E-state index contributed by atoms with van der Waals surface area (Å²) >= 11 is 1.64. The fourth-order valence-electron chi connectivity index (χ4n) is 3.40. The second-order valence-electron chi connectivity index (χ2n) is 7.10. The molecule has 26 heavy (non-hydrogen) atoms. The Morgan fingerprint density at radius 3 is 2.62 bits per heavy atom. The predicted molar refractivity (Wildman–Crippen MR) is 122 cm³/mol. The number of aliphatic hydroxyl groups excluding tert-OH is 1. The number of halogens is 1. The first-order chi connectivity index (χ1) is 12.1. The third-order valence-corrected chi connectivity index (χ3v) is 5.91. The summed E-state index contributed by atoms with van der Waals surface area (Å²) in [6.07, 6.45) is 7.11. The molecule has 6 nitrogen and oxygen atoms in total. The summed E-state index contributed by atoms with van der Waals surface area (Å²) < 4.78 is 0. The van der Waals surface area contributed by atoms with Gasteiger partial charge in [0.25, 0.3) is 0 Å². The van der Waals surface area contributed by atoms with Gasteiger partial charge in [0.05, 0.1) is 12.2 Å². The third-order valence-electron chi connectivity index (χ3n) is 4.85. The lowest BCUT2D eigenvalue weighted by molar-refractivity contribution is 0.131. The van der Waals surface area contributed by atoms with Crippen molar-refractivity contribution in [1.82, 2.24) is 15.6 Å². The largest absolute Gasteiger partial charge is 0.396 e. The fourth-order valence-corrected chi connectivity index (χ4v) is 4.15. The van der Waals surface area contributed by atoms with Gasteiger partial charge >= 0.3 is 0 Å². The van der Waals surface area contributed by atoms with E-state index in [1.165, 1.54) is 32.1 Å².